The van der Waals surface area contributed by atoms with Gasteiger partial charge in [0.25, 0.3) is 0 Å². The van der Waals surface area contributed by atoms with E-state index in [0.717, 1.165) is 12.8 Å². The first kappa shape index (κ1) is 14.8. The quantitative estimate of drug-likeness (QED) is 0.451. The van der Waals surface area contributed by atoms with Crippen molar-refractivity contribution in [2.45, 2.75) is 59.3 Å². The van der Waals surface area contributed by atoms with Gasteiger partial charge in [0.05, 0.1) is 11.8 Å². The zero-order valence-electron chi connectivity index (χ0n) is 13.7. The van der Waals surface area contributed by atoms with Gasteiger partial charge >= 0.3 is 0 Å². The van der Waals surface area contributed by atoms with E-state index in [0.29, 0.717) is 5.92 Å². The summed E-state index contributed by atoms with van der Waals surface area (Å²) in [6.07, 6.45) is 6.91. The first-order valence-corrected chi connectivity index (χ1v) is 8.43. The van der Waals surface area contributed by atoms with Crippen LogP contribution in [-0.4, -0.2) is 23.8 Å². The number of hydrogen-bond donors (Lipinski definition) is 0. The van der Waals surface area contributed by atoms with Crippen molar-refractivity contribution in [3.8, 4) is 0 Å². The number of rotatable bonds is 4. The maximum atomic E-state index is 12.6. The minimum Gasteiger partial charge on any atom is -0.285 e. The van der Waals surface area contributed by atoms with Crippen LogP contribution in [0.2, 0.25) is 0 Å². The van der Waals surface area contributed by atoms with Crippen LogP contribution in [-0.2, 0) is 9.59 Å². The van der Waals surface area contributed by atoms with Crippen LogP contribution >= 0.6 is 0 Å². The molecule has 0 N–H and O–H groups in total. The fraction of sp³-hybridized carbons (Fsp3) is 0.778. The van der Waals surface area contributed by atoms with Gasteiger partial charge in [-0.25, -0.2) is 0 Å². The molecule has 1 saturated carbocycles. The molecule has 0 unspecified atom stereocenters. The SMILES string of the molecule is CCCCC[C@H]1CC2=C(C)C[C@@H]3C(=O)N(C)C(=O)[C@@H]3[C@@]21C. The van der Waals surface area contributed by atoms with E-state index in [-0.39, 0.29) is 29.1 Å². The molecule has 0 spiro atoms. The van der Waals surface area contributed by atoms with Gasteiger partial charge in [0, 0.05) is 12.5 Å². The second kappa shape index (κ2) is 4.96. The minimum absolute atomic E-state index is 0.0434. The number of nitrogens with zero attached hydrogens (tertiary/aromatic N) is 1. The van der Waals surface area contributed by atoms with Gasteiger partial charge in [0.2, 0.25) is 11.8 Å². The standard InChI is InChI=1S/C18H27NO2/c1-5-6-7-8-12-10-14-11(2)9-13-15(18(12,14)3)17(21)19(4)16(13)20/h12-13,15H,5-10H2,1-4H3/t12-,13-,15+,18+/m0/s1. The van der Waals surface area contributed by atoms with Crippen LogP contribution in [0.4, 0.5) is 0 Å². The summed E-state index contributed by atoms with van der Waals surface area (Å²) >= 11 is 0. The van der Waals surface area contributed by atoms with E-state index in [2.05, 4.69) is 20.8 Å². The number of hydrogen-bond acceptors (Lipinski definition) is 2. The maximum Gasteiger partial charge on any atom is 0.233 e. The lowest BCUT2D eigenvalue weighted by Gasteiger charge is -2.57. The minimum atomic E-state index is -0.0924. The van der Waals surface area contributed by atoms with Crippen LogP contribution in [0.5, 0.6) is 0 Å². The molecular formula is C18H27NO2. The summed E-state index contributed by atoms with van der Waals surface area (Å²) in [5, 5.41) is 0. The Morgan fingerprint density at radius 2 is 1.90 bits per heavy atom. The van der Waals surface area contributed by atoms with Gasteiger partial charge in [-0.3, -0.25) is 14.5 Å². The van der Waals surface area contributed by atoms with E-state index < -0.39 is 0 Å². The molecule has 2 fully saturated rings. The maximum absolute atomic E-state index is 12.6. The molecule has 0 aromatic carbocycles. The largest absolute Gasteiger partial charge is 0.285 e. The Kier molecular flexibility index (Phi) is 3.50. The molecule has 0 aromatic rings. The van der Waals surface area contributed by atoms with Crippen molar-refractivity contribution < 1.29 is 9.59 Å². The zero-order valence-corrected chi connectivity index (χ0v) is 13.7. The van der Waals surface area contributed by atoms with Crippen molar-refractivity contribution in [1.82, 2.24) is 4.90 Å². The van der Waals surface area contributed by atoms with Gasteiger partial charge in [0.1, 0.15) is 0 Å². The summed E-state index contributed by atoms with van der Waals surface area (Å²) in [6, 6.07) is 0. The molecule has 3 aliphatic rings. The predicted octanol–water partition coefficient (Wildman–Crippen LogP) is 3.54. The van der Waals surface area contributed by atoms with Crippen LogP contribution in [0.15, 0.2) is 11.1 Å². The molecule has 2 aliphatic carbocycles. The van der Waals surface area contributed by atoms with E-state index in [1.165, 1.54) is 41.7 Å². The first-order valence-electron chi connectivity index (χ1n) is 8.43. The first-order chi connectivity index (χ1) is 9.92. The van der Waals surface area contributed by atoms with Crippen molar-refractivity contribution in [3.63, 3.8) is 0 Å². The van der Waals surface area contributed by atoms with E-state index in [4.69, 9.17) is 0 Å². The molecule has 1 heterocycles. The van der Waals surface area contributed by atoms with E-state index >= 15 is 0 Å². The Balaban J connectivity index is 1.90. The number of allylic oxidation sites excluding steroid dienone is 2. The lowest BCUT2D eigenvalue weighted by atomic mass is 9.45. The summed E-state index contributed by atoms with van der Waals surface area (Å²) in [6.45, 7) is 6.65. The van der Waals surface area contributed by atoms with Crippen LogP contribution in [0, 0.1) is 23.2 Å². The van der Waals surface area contributed by atoms with Gasteiger partial charge in [-0.2, -0.15) is 0 Å². The summed E-state index contributed by atoms with van der Waals surface area (Å²) in [5.74, 6) is 0.519. The van der Waals surface area contributed by atoms with Crippen molar-refractivity contribution in [1.29, 1.82) is 0 Å². The second-order valence-electron chi connectivity index (χ2n) is 7.46. The molecule has 1 aliphatic heterocycles. The molecule has 3 rings (SSSR count). The van der Waals surface area contributed by atoms with Crippen LogP contribution in [0.1, 0.15) is 59.3 Å². The van der Waals surface area contributed by atoms with E-state index in [1.807, 2.05) is 0 Å². The van der Waals surface area contributed by atoms with Crippen molar-refractivity contribution in [2.75, 3.05) is 7.05 Å². The van der Waals surface area contributed by atoms with Gasteiger partial charge in [0.15, 0.2) is 0 Å². The molecule has 0 bridgehead atoms. The fourth-order valence-electron chi connectivity index (χ4n) is 5.13. The molecule has 0 radical (unpaired) electrons. The Bertz CT molecular complexity index is 521. The average molecular weight is 289 g/mol. The number of carbonyl (C=O) groups excluding carboxylic acids is 2. The Morgan fingerprint density at radius 3 is 2.57 bits per heavy atom. The summed E-state index contributed by atoms with van der Waals surface area (Å²) < 4.78 is 0. The van der Waals surface area contributed by atoms with Crippen LogP contribution < -0.4 is 0 Å². The lowest BCUT2D eigenvalue weighted by molar-refractivity contribution is -0.139. The highest BCUT2D eigenvalue weighted by Crippen LogP contribution is 2.65. The van der Waals surface area contributed by atoms with E-state index in [9.17, 15) is 9.59 Å². The smallest absolute Gasteiger partial charge is 0.233 e. The van der Waals surface area contributed by atoms with Gasteiger partial charge in [-0.15, -0.1) is 0 Å². The summed E-state index contributed by atoms with van der Waals surface area (Å²) in [5.41, 5.74) is 2.82. The van der Waals surface area contributed by atoms with E-state index in [1.54, 1.807) is 7.05 Å². The Morgan fingerprint density at radius 1 is 1.19 bits per heavy atom. The molecule has 2 amide bonds. The third-order valence-corrected chi connectivity index (χ3v) is 6.44. The van der Waals surface area contributed by atoms with Gasteiger partial charge in [-0.1, -0.05) is 44.3 Å². The third-order valence-electron chi connectivity index (χ3n) is 6.44. The van der Waals surface area contributed by atoms with Gasteiger partial charge in [-0.05, 0) is 32.1 Å². The van der Waals surface area contributed by atoms with Crippen molar-refractivity contribution in [3.05, 3.63) is 11.1 Å². The number of imide groups is 1. The monoisotopic (exact) mass is 289 g/mol. The molecule has 4 atom stereocenters. The number of likely N-dealkylation sites (tertiary alicyclic amines) is 1. The summed E-state index contributed by atoms with van der Waals surface area (Å²) in [4.78, 5) is 26.4. The second-order valence-corrected chi connectivity index (χ2v) is 7.46. The molecular weight excluding hydrogens is 262 g/mol. The van der Waals surface area contributed by atoms with Crippen LogP contribution in [0.25, 0.3) is 0 Å². The van der Waals surface area contributed by atoms with Gasteiger partial charge < -0.3 is 0 Å². The lowest BCUT2D eigenvalue weighted by Crippen LogP contribution is -2.53. The molecule has 21 heavy (non-hydrogen) atoms. The third kappa shape index (κ3) is 1.85. The molecule has 3 nitrogen and oxygen atoms in total. The fourth-order valence-corrected chi connectivity index (χ4v) is 5.13. The molecule has 1 saturated heterocycles. The van der Waals surface area contributed by atoms with Crippen LogP contribution in [0.3, 0.4) is 0 Å². The molecule has 3 heteroatoms. The van der Waals surface area contributed by atoms with Crippen molar-refractivity contribution >= 4 is 11.8 Å². The number of unbranched alkanes of at least 4 members (excludes halogenated alkanes) is 2. The summed E-state index contributed by atoms with van der Waals surface area (Å²) in [7, 11) is 1.66. The highest BCUT2D eigenvalue weighted by Gasteiger charge is 2.64. The number of carbonyl (C=O) groups is 2. The topological polar surface area (TPSA) is 37.4 Å². The Labute approximate surface area is 127 Å². The number of amides is 2. The number of fused-ring (bicyclic) bond motifs is 3. The highest BCUT2D eigenvalue weighted by molar-refractivity contribution is 6.06. The Hall–Kier alpha value is -1.12. The molecule has 116 valence electrons. The highest BCUT2D eigenvalue weighted by atomic mass is 16.2. The molecule has 0 aromatic heterocycles. The zero-order chi connectivity index (χ0) is 15.4. The predicted molar refractivity (Wildman–Crippen MR) is 82.4 cm³/mol. The van der Waals surface area contributed by atoms with Crippen molar-refractivity contribution in [2.24, 2.45) is 23.2 Å². The normalized spacial score (nSPS) is 38.5. The average Bonchev–Trinajstić information content (AvgIpc) is 2.65.